The highest BCUT2D eigenvalue weighted by molar-refractivity contribution is 8.18. The van der Waals surface area contributed by atoms with Crippen LogP contribution in [0.25, 0.3) is 6.08 Å². The lowest BCUT2D eigenvalue weighted by Gasteiger charge is -2.14. The molecule has 8 heteroatoms. The third kappa shape index (κ3) is 5.67. The molecule has 3 rings (SSSR count). The topological polar surface area (TPSA) is 84.9 Å². The number of hydrogen-bond acceptors (Lipinski definition) is 6. The summed E-state index contributed by atoms with van der Waals surface area (Å²) in [4.78, 5) is 38.5. The minimum absolute atomic E-state index is 0.0119. The summed E-state index contributed by atoms with van der Waals surface area (Å²) >= 11 is 0.802. The van der Waals surface area contributed by atoms with Crippen molar-refractivity contribution in [2.75, 3.05) is 19.0 Å². The van der Waals surface area contributed by atoms with Gasteiger partial charge in [0.05, 0.1) is 18.1 Å². The molecule has 0 spiro atoms. The first-order valence-corrected chi connectivity index (χ1v) is 10.5. The molecule has 1 saturated heterocycles. The number of anilines is 1. The molecular weight excluding hydrogens is 416 g/mol. The Balaban J connectivity index is 1.72. The maximum absolute atomic E-state index is 12.7. The molecule has 1 fully saturated rings. The first-order chi connectivity index (χ1) is 14.8. The molecule has 1 N–H and O–H groups in total. The maximum atomic E-state index is 12.7. The molecule has 0 unspecified atom stereocenters. The number of amides is 3. The lowest BCUT2D eigenvalue weighted by atomic mass is 10.2. The number of aryl methyl sites for hydroxylation is 1. The zero-order valence-electron chi connectivity index (χ0n) is 17.8. The molecule has 162 valence electrons. The van der Waals surface area contributed by atoms with Crippen molar-refractivity contribution < 1.29 is 23.9 Å². The third-order valence-electron chi connectivity index (χ3n) is 4.33. The molecule has 2 aromatic carbocycles. The first-order valence-electron chi connectivity index (χ1n) is 9.73. The van der Waals surface area contributed by atoms with Crippen molar-refractivity contribution in [3.05, 3.63) is 58.5 Å². The number of carbonyl (C=O) groups is 3. The van der Waals surface area contributed by atoms with Crippen molar-refractivity contribution in [3.8, 4) is 11.5 Å². The zero-order valence-corrected chi connectivity index (χ0v) is 18.6. The van der Waals surface area contributed by atoms with Gasteiger partial charge in [0.2, 0.25) is 5.91 Å². The predicted octanol–water partition coefficient (Wildman–Crippen LogP) is 4.47. The summed E-state index contributed by atoms with van der Waals surface area (Å²) in [5, 5.41) is 2.22. The van der Waals surface area contributed by atoms with Crippen LogP contribution in [0.1, 0.15) is 25.0 Å². The molecule has 31 heavy (non-hydrogen) atoms. The fraction of sp³-hybridized carbons (Fsp3) is 0.261. The second-order valence-electron chi connectivity index (χ2n) is 7.26. The van der Waals surface area contributed by atoms with Crippen LogP contribution in [0.2, 0.25) is 0 Å². The van der Waals surface area contributed by atoms with Gasteiger partial charge in [-0.3, -0.25) is 19.3 Å². The molecule has 0 aromatic heterocycles. The molecule has 0 aliphatic carbocycles. The Morgan fingerprint density at radius 2 is 1.94 bits per heavy atom. The Labute approximate surface area is 185 Å². The molecular formula is C23H24N2O5S. The molecule has 0 radical (unpaired) electrons. The summed E-state index contributed by atoms with van der Waals surface area (Å²) in [6.45, 7) is 5.39. The van der Waals surface area contributed by atoms with E-state index in [0.29, 0.717) is 22.7 Å². The summed E-state index contributed by atoms with van der Waals surface area (Å²) < 4.78 is 11.1. The number of hydrogen-bond donors (Lipinski definition) is 1. The van der Waals surface area contributed by atoms with Gasteiger partial charge in [-0.1, -0.05) is 18.2 Å². The van der Waals surface area contributed by atoms with Crippen LogP contribution in [0.4, 0.5) is 10.5 Å². The van der Waals surface area contributed by atoms with Gasteiger partial charge in [-0.2, -0.15) is 0 Å². The van der Waals surface area contributed by atoms with Crippen molar-refractivity contribution in [2.45, 2.75) is 26.9 Å². The Hall–Kier alpha value is -3.26. The highest BCUT2D eigenvalue weighted by Gasteiger charge is 2.36. The quantitative estimate of drug-likeness (QED) is 0.640. The van der Waals surface area contributed by atoms with Crippen LogP contribution in [0, 0.1) is 6.92 Å². The molecule has 0 bridgehead atoms. The number of thioether (sulfide) groups is 1. The van der Waals surface area contributed by atoms with E-state index >= 15 is 0 Å². The highest BCUT2D eigenvalue weighted by atomic mass is 32.2. The van der Waals surface area contributed by atoms with Crippen molar-refractivity contribution in [1.29, 1.82) is 0 Å². The van der Waals surface area contributed by atoms with Gasteiger partial charge in [0.1, 0.15) is 6.54 Å². The highest BCUT2D eigenvalue weighted by Crippen LogP contribution is 2.34. The van der Waals surface area contributed by atoms with E-state index in [1.165, 1.54) is 7.11 Å². The van der Waals surface area contributed by atoms with Gasteiger partial charge in [-0.25, -0.2) is 0 Å². The van der Waals surface area contributed by atoms with Gasteiger partial charge >= 0.3 is 0 Å². The SMILES string of the molecule is COc1cc(/C=C2\SC(=O)N(CC(=O)Nc3cccc(C)c3)C2=O)ccc1OC(C)C. The second-order valence-corrected chi connectivity index (χ2v) is 8.26. The van der Waals surface area contributed by atoms with Crippen molar-refractivity contribution in [3.63, 3.8) is 0 Å². The molecule has 2 aromatic rings. The van der Waals surface area contributed by atoms with E-state index in [1.54, 1.807) is 30.3 Å². The van der Waals surface area contributed by atoms with E-state index in [0.717, 1.165) is 22.2 Å². The van der Waals surface area contributed by atoms with Crippen LogP contribution in [-0.2, 0) is 9.59 Å². The van der Waals surface area contributed by atoms with Gasteiger partial charge in [-0.05, 0) is 74.0 Å². The van der Waals surface area contributed by atoms with Crippen molar-refractivity contribution in [1.82, 2.24) is 4.90 Å². The van der Waals surface area contributed by atoms with Gasteiger partial charge in [0, 0.05) is 5.69 Å². The lowest BCUT2D eigenvalue weighted by Crippen LogP contribution is -2.36. The van der Waals surface area contributed by atoms with Gasteiger partial charge in [0.25, 0.3) is 11.1 Å². The Kier molecular flexibility index (Phi) is 7.02. The van der Waals surface area contributed by atoms with Gasteiger partial charge < -0.3 is 14.8 Å². The number of benzene rings is 2. The average Bonchev–Trinajstić information content (AvgIpc) is 2.96. The minimum atomic E-state index is -0.504. The zero-order chi connectivity index (χ0) is 22.5. The van der Waals surface area contributed by atoms with Crippen molar-refractivity contribution in [2.24, 2.45) is 0 Å². The fourth-order valence-electron chi connectivity index (χ4n) is 2.98. The van der Waals surface area contributed by atoms with Crippen LogP contribution in [0.5, 0.6) is 11.5 Å². The van der Waals surface area contributed by atoms with Crippen molar-refractivity contribution >= 4 is 40.6 Å². The monoisotopic (exact) mass is 440 g/mol. The van der Waals surface area contributed by atoms with Crippen LogP contribution in [0.15, 0.2) is 47.4 Å². The van der Waals surface area contributed by atoms with E-state index in [-0.39, 0.29) is 17.6 Å². The number of carbonyl (C=O) groups excluding carboxylic acids is 3. The predicted molar refractivity (Wildman–Crippen MR) is 121 cm³/mol. The number of imide groups is 1. The number of rotatable bonds is 7. The van der Waals surface area contributed by atoms with Crippen LogP contribution < -0.4 is 14.8 Å². The maximum Gasteiger partial charge on any atom is 0.294 e. The number of methoxy groups -OCH3 is 1. The number of ether oxygens (including phenoxy) is 2. The van der Waals surface area contributed by atoms with Gasteiger partial charge in [-0.15, -0.1) is 0 Å². The smallest absolute Gasteiger partial charge is 0.294 e. The van der Waals surface area contributed by atoms with E-state index < -0.39 is 17.1 Å². The van der Waals surface area contributed by atoms with E-state index in [2.05, 4.69) is 5.32 Å². The molecule has 3 amide bonds. The molecule has 1 aliphatic heterocycles. The average molecular weight is 441 g/mol. The number of nitrogens with zero attached hydrogens (tertiary/aromatic N) is 1. The molecule has 1 aliphatic rings. The lowest BCUT2D eigenvalue weighted by molar-refractivity contribution is -0.127. The van der Waals surface area contributed by atoms with Crippen LogP contribution >= 0.6 is 11.8 Å². The summed E-state index contributed by atoms with van der Waals surface area (Å²) in [5.41, 5.74) is 2.29. The van der Waals surface area contributed by atoms with Gasteiger partial charge in [0.15, 0.2) is 11.5 Å². The van der Waals surface area contributed by atoms with E-state index in [1.807, 2.05) is 39.0 Å². The number of nitrogens with one attached hydrogen (secondary N) is 1. The summed E-state index contributed by atoms with van der Waals surface area (Å²) in [7, 11) is 1.53. The standard InChI is InChI=1S/C23H24N2O5S/c1-14(2)30-18-9-8-16(11-19(18)29-4)12-20-22(27)25(23(28)31-20)13-21(26)24-17-7-5-6-15(3)10-17/h5-12,14H,13H2,1-4H3,(H,24,26)/b20-12-. The minimum Gasteiger partial charge on any atom is -0.493 e. The molecule has 1 heterocycles. The Bertz CT molecular complexity index is 1050. The normalized spacial score (nSPS) is 15.0. The third-order valence-corrected chi connectivity index (χ3v) is 5.23. The Morgan fingerprint density at radius 3 is 2.61 bits per heavy atom. The fourth-order valence-corrected chi connectivity index (χ4v) is 3.82. The Morgan fingerprint density at radius 1 is 1.16 bits per heavy atom. The first kappa shape index (κ1) is 22.4. The van der Waals surface area contributed by atoms with Crippen LogP contribution in [0.3, 0.4) is 0 Å². The summed E-state index contributed by atoms with van der Waals surface area (Å²) in [6, 6.07) is 12.6. The van der Waals surface area contributed by atoms with E-state index in [9.17, 15) is 14.4 Å². The molecule has 0 saturated carbocycles. The summed E-state index contributed by atoms with van der Waals surface area (Å²) in [6.07, 6.45) is 1.59. The second kappa shape index (κ2) is 9.70. The molecule has 0 atom stereocenters. The summed E-state index contributed by atoms with van der Waals surface area (Å²) in [5.74, 6) is 0.177. The van der Waals surface area contributed by atoms with Crippen LogP contribution in [-0.4, -0.2) is 41.7 Å². The van der Waals surface area contributed by atoms with E-state index in [4.69, 9.17) is 9.47 Å². The molecule has 7 nitrogen and oxygen atoms in total. The largest absolute Gasteiger partial charge is 0.493 e.